The fourth-order valence-electron chi connectivity index (χ4n) is 0.463. The van der Waals surface area contributed by atoms with Gasteiger partial charge >= 0.3 is 0 Å². The lowest BCUT2D eigenvalue weighted by Crippen LogP contribution is -2.28. The van der Waals surface area contributed by atoms with Crippen molar-refractivity contribution in [3.63, 3.8) is 0 Å². The summed E-state index contributed by atoms with van der Waals surface area (Å²) in [7, 11) is 0. The molecule has 0 saturated heterocycles. The molecule has 0 rings (SSSR count). The van der Waals surface area contributed by atoms with E-state index >= 15 is 0 Å². The zero-order valence-electron chi connectivity index (χ0n) is 6.11. The smallest absolute Gasteiger partial charge is 0.231 e. The summed E-state index contributed by atoms with van der Waals surface area (Å²) in [6.45, 7) is -0.582. The first kappa shape index (κ1) is 11.4. The molecular weight excluding hydrogens is 279 g/mol. The molecule has 0 aromatic rings. The minimum atomic E-state index is -1.08. The number of nitrogens with zero attached hydrogens (tertiary/aromatic N) is 2. The topological polar surface area (TPSA) is 114 Å². The minimum Gasteiger partial charge on any atom is -0.384 e. The maximum absolute atomic E-state index is 9.87. The number of aliphatic hydroxyl groups excluding tert-OH is 1. The van der Waals surface area contributed by atoms with Crippen LogP contribution in [0, 0.1) is 10.1 Å². The molecule has 8 heteroatoms. The predicted molar refractivity (Wildman–Crippen MR) is 51.5 cm³/mol. The van der Waals surface area contributed by atoms with Crippen LogP contribution in [0.25, 0.3) is 0 Å². The van der Waals surface area contributed by atoms with Crippen molar-refractivity contribution in [2.45, 2.75) is 6.10 Å². The standard InChI is InChI=1S/C4H9IN4O3/c5-8-4(6)7-1-3(10)2-9(11)12/h3,10H,1-2H2,(H3,6,7,8)/t3-/m0/s1. The summed E-state index contributed by atoms with van der Waals surface area (Å²) in [6.07, 6.45) is -1.08. The zero-order valence-corrected chi connectivity index (χ0v) is 8.26. The molecule has 0 fully saturated rings. The van der Waals surface area contributed by atoms with Gasteiger partial charge in [0.15, 0.2) is 5.96 Å². The SMILES string of the molecule is NC(=NC[C@H](O)C[N+](=O)[O-])NI. The van der Waals surface area contributed by atoms with Gasteiger partial charge in [-0.15, -0.1) is 0 Å². The molecule has 1 atom stereocenters. The molecule has 12 heavy (non-hydrogen) atoms. The van der Waals surface area contributed by atoms with Crippen LogP contribution in [0.3, 0.4) is 0 Å². The van der Waals surface area contributed by atoms with Gasteiger partial charge in [-0.2, -0.15) is 0 Å². The Balaban J connectivity index is 3.70. The van der Waals surface area contributed by atoms with Gasteiger partial charge in [0.2, 0.25) is 6.54 Å². The number of rotatable bonds is 4. The third-order valence-corrected chi connectivity index (χ3v) is 1.48. The van der Waals surface area contributed by atoms with Gasteiger partial charge < -0.3 is 10.8 Å². The van der Waals surface area contributed by atoms with E-state index in [1.54, 1.807) is 22.9 Å². The van der Waals surface area contributed by atoms with Crippen molar-refractivity contribution in [1.29, 1.82) is 0 Å². The highest BCUT2D eigenvalue weighted by molar-refractivity contribution is 14.1. The van der Waals surface area contributed by atoms with Crippen molar-refractivity contribution in [3.8, 4) is 0 Å². The number of nitrogens with two attached hydrogens (primary N) is 1. The summed E-state index contributed by atoms with van der Waals surface area (Å²) < 4.78 is 2.49. The predicted octanol–water partition coefficient (Wildman–Crippen LogP) is -1.12. The Morgan fingerprint density at radius 3 is 2.92 bits per heavy atom. The fourth-order valence-corrected chi connectivity index (χ4v) is 0.634. The summed E-state index contributed by atoms with van der Waals surface area (Å²) in [5.74, 6) is 0.137. The van der Waals surface area contributed by atoms with Crippen LogP contribution in [0.15, 0.2) is 4.99 Å². The molecule has 0 aliphatic carbocycles. The molecular formula is C4H9IN4O3. The van der Waals surface area contributed by atoms with Gasteiger partial charge in [-0.05, 0) is 0 Å². The molecule has 0 unspecified atom stereocenters. The number of hydrogen-bond donors (Lipinski definition) is 3. The number of hydrogen-bond acceptors (Lipinski definition) is 4. The quantitative estimate of drug-likeness (QED) is 0.151. The highest BCUT2D eigenvalue weighted by atomic mass is 127. The van der Waals surface area contributed by atoms with Gasteiger partial charge in [0.1, 0.15) is 6.10 Å². The molecule has 0 amide bonds. The lowest BCUT2D eigenvalue weighted by molar-refractivity contribution is -0.489. The molecule has 0 bridgehead atoms. The number of aliphatic hydroxyl groups is 1. The average molecular weight is 288 g/mol. The molecule has 0 heterocycles. The van der Waals surface area contributed by atoms with Crippen molar-refractivity contribution in [2.24, 2.45) is 10.7 Å². The van der Waals surface area contributed by atoms with Gasteiger partial charge in [-0.1, -0.05) is 0 Å². The Hall–Kier alpha value is -0.640. The molecule has 0 aromatic carbocycles. The largest absolute Gasteiger partial charge is 0.384 e. The van der Waals surface area contributed by atoms with Gasteiger partial charge in [-0.25, -0.2) is 4.99 Å². The third kappa shape index (κ3) is 6.09. The van der Waals surface area contributed by atoms with E-state index in [-0.39, 0.29) is 12.5 Å². The van der Waals surface area contributed by atoms with Crippen LogP contribution in [-0.4, -0.2) is 35.2 Å². The lowest BCUT2D eigenvalue weighted by atomic mass is 10.4. The Kier molecular flexibility index (Phi) is 5.62. The van der Waals surface area contributed by atoms with E-state index in [4.69, 9.17) is 10.8 Å². The maximum atomic E-state index is 9.87. The fraction of sp³-hybridized carbons (Fsp3) is 0.750. The minimum absolute atomic E-state index is 0.0667. The Morgan fingerprint density at radius 2 is 2.50 bits per heavy atom. The van der Waals surface area contributed by atoms with Crippen LogP contribution in [-0.2, 0) is 0 Å². The molecule has 0 radical (unpaired) electrons. The number of aliphatic imine (C=N–C) groups is 1. The van der Waals surface area contributed by atoms with E-state index in [1.807, 2.05) is 0 Å². The summed E-state index contributed by atoms with van der Waals surface area (Å²) >= 11 is 1.76. The monoisotopic (exact) mass is 288 g/mol. The van der Waals surface area contributed by atoms with Crippen LogP contribution in [0.5, 0.6) is 0 Å². The van der Waals surface area contributed by atoms with Crippen molar-refractivity contribution in [1.82, 2.24) is 3.53 Å². The Labute approximate surface area is 82.7 Å². The van der Waals surface area contributed by atoms with E-state index in [1.165, 1.54) is 0 Å². The second kappa shape index (κ2) is 5.94. The Bertz CT molecular complexity index is 185. The van der Waals surface area contributed by atoms with Gasteiger partial charge in [-0.3, -0.25) is 13.6 Å². The highest BCUT2D eigenvalue weighted by Crippen LogP contribution is 1.85. The molecule has 4 N–H and O–H groups in total. The van der Waals surface area contributed by atoms with Gasteiger partial charge in [0.25, 0.3) is 0 Å². The summed E-state index contributed by atoms with van der Waals surface area (Å²) in [6, 6.07) is 0. The van der Waals surface area contributed by atoms with E-state index < -0.39 is 17.6 Å². The van der Waals surface area contributed by atoms with E-state index in [9.17, 15) is 10.1 Å². The number of halogens is 1. The molecule has 0 aliphatic rings. The number of guanidine groups is 1. The molecule has 7 nitrogen and oxygen atoms in total. The average Bonchev–Trinajstić information content (AvgIpc) is 1.99. The van der Waals surface area contributed by atoms with E-state index in [0.717, 1.165) is 0 Å². The first-order chi connectivity index (χ1) is 5.56. The summed E-state index contributed by atoms with van der Waals surface area (Å²) in [4.78, 5) is 12.9. The highest BCUT2D eigenvalue weighted by Gasteiger charge is 2.09. The molecule has 0 spiro atoms. The van der Waals surface area contributed by atoms with Gasteiger partial charge in [0, 0.05) is 4.92 Å². The normalized spacial score (nSPS) is 14.0. The summed E-state index contributed by atoms with van der Waals surface area (Å²) in [5.41, 5.74) is 5.20. The van der Waals surface area contributed by atoms with Crippen molar-refractivity contribution < 1.29 is 10.0 Å². The first-order valence-corrected chi connectivity index (χ1v) is 4.10. The van der Waals surface area contributed by atoms with Crippen LogP contribution in [0.4, 0.5) is 0 Å². The van der Waals surface area contributed by atoms with Crippen molar-refractivity contribution in [3.05, 3.63) is 10.1 Å². The van der Waals surface area contributed by atoms with Crippen molar-refractivity contribution >= 4 is 28.8 Å². The van der Waals surface area contributed by atoms with Gasteiger partial charge in [0.05, 0.1) is 29.4 Å². The lowest BCUT2D eigenvalue weighted by Gasteiger charge is -2.01. The van der Waals surface area contributed by atoms with E-state index in [0.29, 0.717) is 0 Å². The molecule has 0 saturated carbocycles. The van der Waals surface area contributed by atoms with Crippen LogP contribution in [0.2, 0.25) is 0 Å². The van der Waals surface area contributed by atoms with Crippen molar-refractivity contribution in [2.75, 3.05) is 13.1 Å². The van der Waals surface area contributed by atoms with Crippen LogP contribution < -0.4 is 9.26 Å². The second-order valence-electron chi connectivity index (χ2n) is 1.99. The van der Waals surface area contributed by atoms with Crippen LogP contribution in [0.1, 0.15) is 0 Å². The van der Waals surface area contributed by atoms with E-state index in [2.05, 4.69) is 8.52 Å². The van der Waals surface area contributed by atoms with Crippen LogP contribution >= 0.6 is 22.9 Å². The molecule has 0 aromatic heterocycles. The molecule has 70 valence electrons. The maximum Gasteiger partial charge on any atom is 0.231 e. The second-order valence-corrected chi connectivity index (χ2v) is 2.53. The number of nitro groups is 1. The Morgan fingerprint density at radius 1 is 1.92 bits per heavy atom. The number of nitrogens with one attached hydrogen (secondary N) is 1. The summed E-state index contributed by atoms with van der Waals surface area (Å²) in [5, 5.41) is 18.8. The zero-order chi connectivity index (χ0) is 9.56. The first-order valence-electron chi connectivity index (χ1n) is 3.02. The third-order valence-electron chi connectivity index (χ3n) is 0.929. The molecule has 0 aliphatic heterocycles.